The maximum atomic E-state index is 13.3. The third-order valence-electron chi connectivity index (χ3n) is 4.25. The van der Waals surface area contributed by atoms with E-state index < -0.39 is 0 Å². The molecule has 0 aliphatic heterocycles. The summed E-state index contributed by atoms with van der Waals surface area (Å²) in [5.41, 5.74) is 2.89. The van der Waals surface area contributed by atoms with Gasteiger partial charge in [0.25, 0.3) is 0 Å². The van der Waals surface area contributed by atoms with E-state index in [-0.39, 0.29) is 5.82 Å². The summed E-state index contributed by atoms with van der Waals surface area (Å²) >= 11 is 0. The van der Waals surface area contributed by atoms with Gasteiger partial charge in [-0.15, -0.1) is 0 Å². The molecule has 0 unspecified atom stereocenters. The Kier molecular flexibility index (Phi) is 4.37. The molecule has 0 saturated heterocycles. The Balaban J connectivity index is 1.70. The first-order valence-corrected chi connectivity index (χ1v) is 8.56. The number of halogens is 1. The summed E-state index contributed by atoms with van der Waals surface area (Å²) in [6, 6.07) is 10.1. The standard InChI is InChI=1S/C19H18FN7/c1-3-15-18(13-5-7-14(20)8-6-13)26(2)25-19(15)24-16-11-17(22-12-21-16)27-10-4-9-23-27/h4-12H,3H2,1-2H3,(H,21,22,24,25). The number of nitrogens with zero attached hydrogens (tertiary/aromatic N) is 6. The fourth-order valence-electron chi connectivity index (χ4n) is 3.04. The van der Waals surface area contributed by atoms with E-state index in [1.54, 1.807) is 33.8 Å². The molecule has 4 aromatic rings. The van der Waals surface area contributed by atoms with Crippen molar-refractivity contribution in [3.8, 4) is 17.1 Å². The van der Waals surface area contributed by atoms with Crippen molar-refractivity contribution in [2.24, 2.45) is 7.05 Å². The Bertz CT molecular complexity index is 1050. The van der Waals surface area contributed by atoms with Gasteiger partial charge in [0.2, 0.25) is 0 Å². The summed E-state index contributed by atoms with van der Waals surface area (Å²) in [5, 5.41) is 12.0. The molecule has 136 valence electrons. The molecule has 4 rings (SSSR count). The van der Waals surface area contributed by atoms with Gasteiger partial charge in [0.15, 0.2) is 11.6 Å². The van der Waals surface area contributed by atoms with Crippen LogP contribution in [0.3, 0.4) is 0 Å². The zero-order chi connectivity index (χ0) is 18.8. The summed E-state index contributed by atoms with van der Waals surface area (Å²) in [4.78, 5) is 8.51. The minimum absolute atomic E-state index is 0.260. The van der Waals surface area contributed by atoms with Gasteiger partial charge >= 0.3 is 0 Å². The molecule has 3 heterocycles. The van der Waals surface area contributed by atoms with Crippen LogP contribution in [0.4, 0.5) is 16.0 Å². The summed E-state index contributed by atoms with van der Waals surface area (Å²) in [7, 11) is 1.87. The molecule has 27 heavy (non-hydrogen) atoms. The van der Waals surface area contributed by atoms with Crippen molar-refractivity contribution in [2.45, 2.75) is 13.3 Å². The SMILES string of the molecule is CCc1c(Nc2cc(-n3cccn3)ncn2)nn(C)c1-c1ccc(F)cc1. The van der Waals surface area contributed by atoms with Crippen LogP contribution in [-0.2, 0) is 13.5 Å². The second kappa shape index (κ2) is 6.99. The monoisotopic (exact) mass is 363 g/mol. The zero-order valence-electron chi connectivity index (χ0n) is 15.0. The summed E-state index contributed by atoms with van der Waals surface area (Å²) in [6.45, 7) is 2.06. The molecule has 1 N–H and O–H groups in total. The summed E-state index contributed by atoms with van der Waals surface area (Å²) in [6.07, 6.45) is 5.75. The van der Waals surface area contributed by atoms with E-state index in [0.717, 1.165) is 23.2 Å². The largest absolute Gasteiger partial charge is 0.323 e. The van der Waals surface area contributed by atoms with E-state index in [4.69, 9.17) is 0 Å². The Morgan fingerprint density at radius 1 is 1.15 bits per heavy atom. The molecule has 0 radical (unpaired) electrons. The highest BCUT2D eigenvalue weighted by molar-refractivity contribution is 5.72. The van der Waals surface area contributed by atoms with E-state index in [1.165, 1.54) is 18.5 Å². The number of nitrogens with one attached hydrogen (secondary N) is 1. The molecule has 3 aromatic heterocycles. The van der Waals surface area contributed by atoms with Crippen molar-refractivity contribution < 1.29 is 4.39 Å². The molecule has 0 saturated carbocycles. The lowest BCUT2D eigenvalue weighted by molar-refractivity contribution is 0.628. The fraction of sp³-hybridized carbons (Fsp3) is 0.158. The molecule has 0 amide bonds. The predicted octanol–water partition coefficient (Wildman–Crippen LogP) is 3.51. The average Bonchev–Trinajstić information content (AvgIpc) is 3.31. The van der Waals surface area contributed by atoms with Crippen LogP contribution >= 0.6 is 0 Å². The van der Waals surface area contributed by atoms with E-state index in [1.807, 2.05) is 19.3 Å². The van der Waals surface area contributed by atoms with Crippen molar-refractivity contribution in [3.63, 3.8) is 0 Å². The average molecular weight is 363 g/mol. The minimum Gasteiger partial charge on any atom is -0.323 e. The molecule has 0 bridgehead atoms. The first-order chi connectivity index (χ1) is 13.2. The lowest BCUT2D eigenvalue weighted by Gasteiger charge is -2.07. The molecule has 0 fully saturated rings. The molecule has 0 atom stereocenters. The molecule has 0 aliphatic carbocycles. The van der Waals surface area contributed by atoms with Crippen LogP contribution in [-0.4, -0.2) is 29.5 Å². The molecule has 1 aromatic carbocycles. The Labute approximate surface area is 155 Å². The number of benzene rings is 1. The van der Waals surface area contributed by atoms with Crippen LogP contribution in [0.2, 0.25) is 0 Å². The van der Waals surface area contributed by atoms with Gasteiger partial charge in [-0.25, -0.2) is 19.0 Å². The van der Waals surface area contributed by atoms with Crippen LogP contribution < -0.4 is 5.32 Å². The minimum atomic E-state index is -0.260. The predicted molar refractivity (Wildman–Crippen MR) is 100 cm³/mol. The van der Waals surface area contributed by atoms with Gasteiger partial charge in [-0.05, 0) is 36.8 Å². The quantitative estimate of drug-likeness (QED) is 0.587. The lowest BCUT2D eigenvalue weighted by Crippen LogP contribution is -2.02. The van der Waals surface area contributed by atoms with E-state index in [0.29, 0.717) is 17.5 Å². The van der Waals surface area contributed by atoms with Crippen molar-refractivity contribution in [2.75, 3.05) is 5.32 Å². The van der Waals surface area contributed by atoms with Gasteiger partial charge in [-0.3, -0.25) is 4.68 Å². The van der Waals surface area contributed by atoms with E-state index >= 15 is 0 Å². The molecule has 8 heteroatoms. The van der Waals surface area contributed by atoms with E-state index in [9.17, 15) is 4.39 Å². The summed E-state index contributed by atoms with van der Waals surface area (Å²) in [5.74, 6) is 1.73. The van der Waals surface area contributed by atoms with Gasteiger partial charge in [-0.1, -0.05) is 6.92 Å². The topological polar surface area (TPSA) is 73.5 Å². The second-order valence-corrected chi connectivity index (χ2v) is 6.00. The molecular formula is C19H18FN7. The van der Waals surface area contributed by atoms with Crippen molar-refractivity contribution >= 4 is 11.6 Å². The third kappa shape index (κ3) is 3.29. The van der Waals surface area contributed by atoms with Gasteiger partial charge in [0.05, 0.1) is 5.69 Å². The van der Waals surface area contributed by atoms with Gasteiger partial charge < -0.3 is 5.32 Å². The number of hydrogen-bond acceptors (Lipinski definition) is 5. The van der Waals surface area contributed by atoms with Crippen LogP contribution in [0.1, 0.15) is 12.5 Å². The van der Waals surface area contributed by atoms with Gasteiger partial charge in [0, 0.05) is 36.6 Å². The van der Waals surface area contributed by atoms with Crippen LogP contribution in [0, 0.1) is 5.82 Å². The number of rotatable bonds is 5. The van der Waals surface area contributed by atoms with Crippen molar-refractivity contribution in [3.05, 3.63) is 66.5 Å². The van der Waals surface area contributed by atoms with Crippen molar-refractivity contribution in [1.82, 2.24) is 29.5 Å². The Morgan fingerprint density at radius 2 is 1.96 bits per heavy atom. The van der Waals surface area contributed by atoms with E-state index in [2.05, 4.69) is 32.4 Å². The van der Waals surface area contributed by atoms with Crippen LogP contribution in [0.25, 0.3) is 17.1 Å². The maximum Gasteiger partial charge on any atom is 0.158 e. The summed E-state index contributed by atoms with van der Waals surface area (Å²) < 4.78 is 16.7. The molecule has 0 aliphatic rings. The second-order valence-electron chi connectivity index (χ2n) is 6.00. The number of hydrogen-bond donors (Lipinski definition) is 1. The highest BCUT2D eigenvalue weighted by atomic mass is 19.1. The fourth-order valence-corrected chi connectivity index (χ4v) is 3.04. The molecular weight excluding hydrogens is 345 g/mol. The maximum absolute atomic E-state index is 13.3. The molecule has 7 nitrogen and oxygen atoms in total. The Hall–Kier alpha value is -3.55. The third-order valence-corrected chi connectivity index (χ3v) is 4.25. The molecule has 0 spiro atoms. The number of anilines is 2. The number of aryl methyl sites for hydroxylation is 1. The highest BCUT2D eigenvalue weighted by Gasteiger charge is 2.17. The van der Waals surface area contributed by atoms with Crippen molar-refractivity contribution in [1.29, 1.82) is 0 Å². The normalized spacial score (nSPS) is 10.9. The number of aromatic nitrogens is 6. The van der Waals surface area contributed by atoms with Gasteiger partial charge in [-0.2, -0.15) is 10.2 Å². The Morgan fingerprint density at radius 3 is 2.67 bits per heavy atom. The van der Waals surface area contributed by atoms with Crippen LogP contribution in [0.15, 0.2) is 55.1 Å². The van der Waals surface area contributed by atoms with Crippen LogP contribution in [0.5, 0.6) is 0 Å². The lowest BCUT2D eigenvalue weighted by atomic mass is 10.1. The zero-order valence-corrected chi connectivity index (χ0v) is 15.0. The first-order valence-electron chi connectivity index (χ1n) is 8.56. The first kappa shape index (κ1) is 16.9. The smallest absolute Gasteiger partial charge is 0.158 e. The highest BCUT2D eigenvalue weighted by Crippen LogP contribution is 2.31. The van der Waals surface area contributed by atoms with Gasteiger partial charge in [0.1, 0.15) is 18.0 Å².